The quantitative estimate of drug-likeness (QED) is 0.467. The third kappa shape index (κ3) is 4.40. The molecular formula is C24H25ClN6O. The highest BCUT2D eigenvalue weighted by molar-refractivity contribution is 6.30. The first-order valence-corrected chi connectivity index (χ1v) is 11.2. The van der Waals surface area contributed by atoms with Gasteiger partial charge >= 0.3 is 0 Å². The summed E-state index contributed by atoms with van der Waals surface area (Å²) in [6.45, 7) is 2.54. The Balaban J connectivity index is 1.47. The van der Waals surface area contributed by atoms with Crippen LogP contribution >= 0.6 is 11.6 Å². The van der Waals surface area contributed by atoms with E-state index in [1.807, 2.05) is 59.1 Å². The zero-order valence-electron chi connectivity index (χ0n) is 17.9. The van der Waals surface area contributed by atoms with Crippen LogP contribution in [-0.2, 0) is 6.61 Å². The van der Waals surface area contributed by atoms with Crippen LogP contribution in [0.15, 0.2) is 60.9 Å². The Labute approximate surface area is 192 Å². The molecule has 8 heteroatoms. The predicted octanol–water partition coefficient (Wildman–Crippen LogP) is 4.53. The number of likely N-dealkylation sites (tertiary alicyclic amines) is 1. The van der Waals surface area contributed by atoms with Crippen molar-refractivity contribution in [2.75, 3.05) is 25.5 Å². The second-order valence-electron chi connectivity index (χ2n) is 8.15. The minimum absolute atomic E-state index is 0.328. The minimum Gasteiger partial charge on any atom is -0.488 e. The molecule has 32 heavy (non-hydrogen) atoms. The van der Waals surface area contributed by atoms with Crippen LogP contribution in [0.2, 0.25) is 5.02 Å². The molecule has 7 nitrogen and oxygen atoms in total. The number of piperidine rings is 1. The molecule has 1 atom stereocenters. The Kier molecular flexibility index (Phi) is 5.92. The van der Waals surface area contributed by atoms with Crippen LogP contribution in [0.3, 0.4) is 0 Å². The lowest BCUT2D eigenvalue weighted by Crippen LogP contribution is -2.40. The van der Waals surface area contributed by atoms with Crippen molar-refractivity contribution >= 4 is 23.1 Å². The number of ether oxygens (including phenoxy) is 1. The number of hydrogen-bond donors (Lipinski definition) is 1. The van der Waals surface area contributed by atoms with Gasteiger partial charge in [0, 0.05) is 30.0 Å². The highest BCUT2D eigenvalue weighted by Crippen LogP contribution is 2.33. The van der Waals surface area contributed by atoms with Gasteiger partial charge in [0.2, 0.25) is 0 Å². The maximum Gasteiger partial charge on any atom is 0.192 e. The zero-order chi connectivity index (χ0) is 21.9. The van der Waals surface area contributed by atoms with Crippen LogP contribution in [0.1, 0.15) is 18.4 Å². The first-order valence-electron chi connectivity index (χ1n) is 10.8. The van der Waals surface area contributed by atoms with E-state index in [1.165, 1.54) is 0 Å². The first-order chi connectivity index (χ1) is 15.7. The van der Waals surface area contributed by atoms with Gasteiger partial charge in [-0.1, -0.05) is 41.9 Å². The Morgan fingerprint density at radius 3 is 2.88 bits per heavy atom. The molecule has 2 aromatic heterocycles. The molecule has 0 amide bonds. The van der Waals surface area contributed by atoms with E-state index in [-0.39, 0.29) is 0 Å². The molecule has 5 rings (SSSR count). The lowest BCUT2D eigenvalue weighted by atomic mass is 10.1. The average Bonchev–Trinajstić information content (AvgIpc) is 3.30. The van der Waals surface area contributed by atoms with Crippen molar-refractivity contribution in [1.29, 1.82) is 0 Å². The van der Waals surface area contributed by atoms with E-state index in [4.69, 9.17) is 16.3 Å². The molecule has 1 aliphatic rings. The summed E-state index contributed by atoms with van der Waals surface area (Å²) >= 11 is 6.28. The lowest BCUT2D eigenvalue weighted by molar-refractivity contribution is 0.260. The molecule has 164 valence electrons. The van der Waals surface area contributed by atoms with Crippen molar-refractivity contribution in [3.05, 3.63) is 71.5 Å². The van der Waals surface area contributed by atoms with Gasteiger partial charge in [0.15, 0.2) is 17.3 Å². The fourth-order valence-electron chi connectivity index (χ4n) is 4.13. The summed E-state index contributed by atoms with van der Waals surface area (Å²) in [4.78, 5) is 6.88. The number of anilines is 1. The maximum atomic E-state index is 6.28. The summed E-state index contributed by atoms with van der Waals surface area (Å²) in [5.41, 5.74) is 2.63. The molecular weight excluding hydrogens is 424 g/mol. The van der Waals surface area contributed by atoms with E-state index in [2.05, 4.69) is 32.4 Å². The first kappa shape index (κ1) is 20.7. The molecule has 3 heterocycles. The highest BCUT2D eigenvalue weighted by atomic mass is 35.5. The van der Waals surface area contributed by atoms with Gasteiger partial charge in [0.25, 0.3) is 0 Å². The number of likely N-dealkylation sites (N-methyl/N-ethyl adjacent to an activating group) is 1. The number of fused-ring (bicyclic) bond motifs is 1. The number of imidazole rings is 1. The summed E-state index contributed by atoms with van der Waals surface area (Å²) in [7, 11) is 2.14. The van der Waals surface area contributed by atoms with Crippen LogP contribution < -0.4 is 10.1 Å². The van der Waals surface area contributed by atoms with Gasteiger partial charge in [-0.15, -0.1) is 10.2 Å². The smallest absolute Gasteiger partial charge is 0.192 e. The fourth-order valence-corrected chi connectivity index (χ4v) is 4.29. The van der Waals surface area contributed by atoms with Crippen molar-refractivity contribution in [1.82, 2.24) is 24.5 Å². The number of rotatable bonds is 6. The van der Waals surface area contributed by atoms with E-state index < -0.39 is 0 Å². The normalized spacial score (nSPS) is 16.9. The van der Waals surface area contributed by atoms with E-state index in [0.29, 0.717) is 35.1 Å². The second kappa shape index (κ2) is 9.14. The van der Waals surface area contributed by atoms with Gasteiger partial charge in [0.1, 0.15) is 12.4 Å². The Morgan fingerprint density at radius 2 is 2.03 bits per heavy atom. The molecule has 0 bridgehead atoms. The second-order valence-corrected chi connectivity index (χ2v) is 8.59. The molecule has 1 aliphatic heterocycles. The molecule has 1 saturated heterocycles. The van der Waals surface area contributed by atoms with E-state index in [0.717, 1.165) is 42.7 Å². The lowest BCUT2D eigenvalue weighted by Gasteiger charge is -2.30. The maximum absolute atomic E-state index is 6.28. The number of hydrogen-bond acceptors (Lipinski definition) is 6. The van der Waals surface area contributed by atoms with Crippen molar-refractivity contribution < 1.29 is 4.74 Å². The number of benzene rings is 2. The Hall–Kier alpha value is -3.16. The van der Waals surface area contributed by atoms with Crippen LogP contribution in [0.25, 0.3) is 17.0 Å². The van der Waals surface area contributed by atoms with Crippen molar-refractivity contribution in [3.63, 3.8) is 0 Å². The summed E-state index contributed by atoms with van der Waals surface area (Å²) < 4.78 is 8.09. The summed E-state index contributed by atoms with van der Waals surface area (Å²) in [5.74, 6) is 2.00. The van der Waals surface area contributed by atoms with Gasteiger partial charge in [-0.05, 0) is 50.2 Å². The Morgan fingerprint density at radius 1 is 1.16 bits per heavy atom. The topological polar surface area (TPSA) is 67.6 Å². The molecule has 1 fully saturated rings. The monoisotopic (exact) mass is 448 g/mol. The minimum atomic E-state index is 0.328. The molecule has 1 N–H and O–H groups in total. The third-order valence-electron chi connectivity index (χ3n) is 5.71. The zero-order valence-corrected chi connectivity index (χ0v) is 18.7. The SMILES string of the molecule is CN1CCC[C@@H](Nc2nnc(-c3ccc(Cl)cc3OCc3ccccc3)n3ccnc23)C1. The molecule has 0 unspecified atom stereocenters. The standard InChI is InChI=1S/C24H25ClN6O/c1-30-12-5-8-19(15-30)27-22-24-26-11-13-31(24)23(29-28-22)20-10-9-18(25)14-21(20)32-16-17-6-3-2-4-7-17/h2-4,6-7,9-11,13-14,19H,5,8,12,15-16H2,1H3,(H,27,28)/t19-/m1/s1. The molecule has 0 aliphatic carbocycles. The molecule has 0 radical (unpaired) electrons. The molecule has 0 saturated carbocycles. The van der Waals surface area contributed by atoms with Gasteiger partial charge in [-0.2, -0.15) is 0 Å². The van der Waals surface area contributed by atoms with Crippen LogP contribution in [0.4, 0.5) is 5.82 Å². The van der Waals surface area contributed by atoms with Crippen molar-refractivity contribution in [3.8, 4) is 17.1 Å². The van der Waals surface area contributed by atoms with Crippen LogP contribution in [0.5, 0.6) is 5.75 Å². The molecule has 4 aromatic rings. The summed E-state index contributed by atoms with van der Waals surface area (Å²) in [6.07, 6.45) is 5.93. The largest absolute Gasteiger partial charge is 0.488 e. The van der Waals surface area contributed by atoms with E-state index in [1.54, 1.807) is 6.20 Å². The predicted molar refractivity (Wildman–Crippen MR) is 126 cm³/mol. The van der Waals surface area contributed by atoms with Crippen LogP contribution in [0, 0.1) is 0 Å². The number of nitrogens with one attached hydrogen (secondary N) is 1. The van der Waals surface area contributed by atoms with E-state index in [9.17, 15) is 0 Å². The summed E-state index contributed by atoms with van der Waals surface area (Å²) in [5, 5.41) is 13.2. The van der Waals surface area contributed by atoms with E-state index >= 15 is 0 Å². The Bertz CT molecular complexity index is 1210. The van der Waals surface area contributed by atoms with Gasteiger partial charge in [0.05, 0.1) is 5.56 Å². The molecule has 0 spiro atoms. The number of nitrogens with zero attached hydrogens (tertiary/aromatic N) is 5. The highest BCUT2D eigenvalue weighted by Gasteiger charge is 2.21. The van der Waals surface area contributed by atoms with Crippen LogP contribution in [-0.4, -0.2) is 50.7 Å². The number of halogens is 1. The average molecular weight is 449 g/mol. The fraction of sp³-hybridized carbons (Fsp3) is 0.292. The van der Waals surface area contributed by atoms with Crippen molar-refractivity contribution in [2.45, 2.75) is 25.5 Å². The van der Waals surface area contributed by atoms with Gasteiger partial charge < -0.3 is 15.0 Å². The number of aromatic nitrogens is 4. The van der Waals surface area contributed by atoms with Gasteiger partial charge in [-0.3, -0.25) is 4.40 Å². The van der Waals surface area contributed by atoms with Crippen molar-refractivity contribution in [2.24, 2.45) is 0 Å². The third-order valence-corrected chi connectivity index (χ3v) is 5.95. The summed E-state index contributed by atoms with van der Waals surface area (Å²) in [6, 6.07) is 15.9. The molecule has 2 aromatic carbocycles. The van der Waals surface area contributed by atoms with Gasteiger partial charge in [-0.25, -0.2) is 4.98 Å².